The summed E-state index contributed by atoms with van der Waals surface area (Å²) in [5.74, 6) is -0.395. The van der Waals surface area contributed by atoms with Crippen LogP contribution >= 0.6 is 0 Å². The molecule has 1 unspecified atom stereocenters. The molecule has 1 saturated heterocycles. The van der Waals surface area contributed by atoms with Crippen molar-refractivity contribution in [3.8, 4) is 0 Å². The van der Waals surface area contributed by atoms with Crippen LogP contribution in [0.2, 0.25) is 0 Å². The fourth-order valence-corrected chi connectivity index (χ4v) is 2.06. The van der Waals surface area contributed by atoms with E-state index in [9.17, 15) is 22.8 Å². The number of morpholine rings is 1. The number of carbonyl (C=O) groups is 1. The van der Waals surface area contributed by atoms with E-state index in [0.29, 0.717) is 5.82 Å². The number of halogens is 3. The van der Waals surface area contributed by atoms with Crippen LogP contribution in [0.1, 0.15) is 35.9 Å². The molecular formula is C13H16F3N3O3. The molecule has 6 nitrogen and oxygen atoms in total. The molecule has 0 radical (unpaired) electrons. The Morgan fingerprint density at radius 2 is 2.18 bits per heavy atom. The first-order chi connectivity index (χ1) is 10.2. The summed E-state index contributed by atoms with van der Waals surface area (Å²) < 4.78 is 42.6. The number of nitrogens with one attached hydrogen (secondary N) is 1. The van der Waals surface area contributed by atoms with Crippen LogP contribution in [0.4, 0.5) is 13.2 Å². The molecule has 0 aromatic carbocycles. The van der Waals surface area contributed by atoms with Crippen LogP contribution in [-0.4, -0.2) is 52.8 Å². The smallest absolute Gasteiger partial charge is 0.365 e. The molecule has 1 atom stereocenters. The second-order valence-electron chi connectivity index (χ2n) is 5.32. The van der Waals surface area contributed by atoms with E-state index >= 15 is 0 Å². The number of nitrogens with zero attached hydrogens (tertiary/aromatic N) is 2. The molecule has 1 aliphatic rings. The maximum absolute atomic E-state index is 12.7. The van der Waals surface area contributed by atoms with Crippen molar-refractivity contribution in [3.05, 3.63) is 27.9 Å². The zero-order valence-electron chi connectivity index (χ0n) is 12.1. The number of H-pyrrole nitrogens is 1. The maximum Gasteiger partial charge on any atom is 0.416 e. The molecule has 1 aromatic rings. The first-order valence-electron chi connectivity index (χ1n) is 6.77. The van der Waals surface area contributed by atoms with Gasteiger partial charge in [0.15, 0.2) is 6.10 Å². The van der Waals surface area contributed by atoms with Gasteiger partial charge in [0, 0.05) is 18.7 Å². The van der Waals surface area contributed by atoms with Gasteiger partial charge in [-0.3, -0.25) is 9.59 Å². The number of aromatic nitrogens is 2. The van der Waals surface area contributed by atoms with Gasteiger partial charge in [0.1, 0.15) is 11.4 Å². The van der Waals surface area contributed by atoms with Gasteiger partial charge < -0.3 is 14.6 Å². The Morgan fingerprint density at radius 3 is 2.73 bits per heavy atom. The zero-order valence-corrected chi connectivity index (χ0v) is 12.1. The van der Waals surface area contributed by atoms with E-state index in [1.165, 1.54) is 0 Å². The Balaban J connectivity index is 2.19. The largest absolute Gasteiger partial charge is 0.416 e. The van der Waals surface area contributed by atoms with Crippen LogP contribution in [0, 0.1) is 0 Å². The summed E-state index contributed by atoms with van der Waals surface area (Å²) in [6, 6.07) is 0. The Kier molecular flexibility index (Phi) is 4.55. The average Bonchev–Trinajstić information content (AvgIpc) is 2.45. The predicted molar refractivity (Wildman–Crippen MR) is 70.6 cm³/mol. The van der Waals surface area contributed by atoms with E-state index in [1.807, 2.05) is 13.8 Å². The second-order valence-corrected chi connectivity index (χ2v) is 5.32. The summed E-state index contributed by atoms with van der Waals surface area (Å²) in [7, 11) is 0. The lowest BCUT2D eigenvalue weighted by atomic mass is 10.2. The van der Waals surface area contributed by atoms with Gasteiger partial charge in [0.2, 0.25) is 0 Å². The van der Waals surface area contributed by atoms with Crippen molar-refractivity contribution in [3.63, 3.8) is 0 Å². The minimum Gasteiger partial charge on any atom is -0.365 e. The van der Waals surface area contributed by atoms with Gasteiger partial charge >= 0.3 is 6.18 Å². The number of aromatic amines is 1. The molecular weight excluding hydrogens is 303 g/mol. The summed E-state index contributed by atoms with van der Waals surface area (Å²) in [6.45, 7) is 2.77. The average molecular weight is 319 g/mol. The first-order valence-corrected chi connectivity index (χ1v) is 6.77. The third-order valence-corrected chi connectivity index (χ3v) is 3.31. The lowest BCUT2D eigenvalue weighted by Crippen LogP contribution is -2.51. The van der Waals surface area contributed by atoms with Crippen molar-refractivity contribution in [1.82, 2.24) is 14.9 Å². The Labute approximate surface area is 124 Å². The summed E-state index contributed by atoms with van der Waals surface area (Å²) >= 11 is 0. The molecule has 9 heteroatoms. The lowest BCUT2D eigenvalue weighted by molar-refractivity contribution is -0.233. The molecule has 2 heterocycles. The highest BCUT2D eigenvalue weighted by Crippen LogP contribution is 2.26. The molecule has 0 aliphatic carbocycles. The summed E-state index contributed by atoms with van der Waals surface area (Å²) in [5.41, 5.74) is -0.925. The molecule has 1 amide bonds. The minimum atomic E-state index is -4.55. The first kappa shape index (κ1) is 16.5. The van der Waals surface area contributed by atoms with Crippen molar-refractivity contribution >= 4 is 5.91 Å². The highest BCUT2D eigenvalue weighted by atomic mass is 19.4. The second kappa shape index (κ2) is 6.07. The SMILES string of the molecule is CC(C)c1ncc(C(=O)N2CCOC(C(F)(F)F)C2)c(=O)[nH]1. The number of ether oxygens (including phenoxy) is 1. The van der Waals surface area contributed by atoms with Gasteiger partial charge in [-0.25, -0.2) is 4.98 Å². The summed E-state index contributed by atoms with van der Waals surface area (Å²) in [6.07, 6.45) is -5.48. The van der Waals surface area contributed by atoms with Crippen LogP contribution < -0.4 is 5.56 Å². The van der Waals surface area contributed by atoms with Gasteiger partial charge in [0.25, 0.3) is 11.5 Å². The fraction of sp³-hybridized carbons (Fsp3) is 0.615. The Bertz CT molecular complexity index is 613. The van der Waals surface area contributed by atoms with Gasteiger partial charge in [-0.05, 0) is 0 Å². The number of rotatable bonds is 2. The number of hydrogen-bond acceptors (Lipinski definition) is 4. The highest BCUT2D eigenvalue weighted by molar-refractivity contribution is 5.93. The number of carbonyl (C=O) groups excluding carboxylic acids is 1. The van der Waals surface area contributed by atoms with E-state index in [1.54, 1.807) is 0 Å². The van der Waals surface area contributed by atoms with E-state index in [-0.39, 0.29) is 24.6 Å². The van der Waals surface area contributed by atoms with Crippen LogP contribution in [0.25, 0.3) is 0 Å². The van der Waals surface area contributed by atoms with Crippen LogP contribution in [0.15, 0.2) is 11.0 Å². The molecule has 0 spiro atoms. The highest BCUT2D eigenvalue weighted by Gasteiger charge is 2.44. The molecule has 1 N–H and O–H groups in total. The van der Waals surface area contributed by atoms with Crippen molar-refractivity contribution in [2.45, 2.75) is 32.0 Å². The summed E-state index contributed by atoms with van der Waals surface area (Å²) in [5, 5.41) is 0. The molecule has 1 aromatic heterocycles. The van der Waals surface area contributed by atoms with Crippen LogP contribution in [0.3, 0.4) is 0 Å². The zero-order chi connectivity index (χ0) is 16.5. The van der Waals surface area contributed by atoms with Crippen LogP contribution in [-0.2, 0) is 4.74 Å². The fourth-order valence-electron chi connectivity index (χ4n) is 2.06. The molecule has 1 aliphatic heterocycles. The van der Waals surface area contributed by atoms with Gasteiger partial charge in [-0.1, -0.05) is 13.8 Å². The van der Waals surface area contributed by atoms with Crippen LogP contribution in [0.5, 0.6) is 0 Å². The molecule has 0 saturated carbocycles. The quantitative estimate of drug-likeness (QED) is 0.891. The normalized spacial score (nSPS) is 19.5. The van der Waals surface area contributed by atoms with Gasteiger partial charge in [-0.15, -0.1) is 0 Å². The van der Waals surface area contributed by atoms with Crippen molar-refractivity contribution < 1.29 is 22.7 Å². The van der Waals surface area contributed by atoms with Gasteiger partial charge in [0.05, 0.1) is 13.2 Å². The third-order valence-electron chi connectivity index (χ3n) is 3.31. The minimum absolute atomic E-state index is 0.00319. The van der Waals surface area contributed by atoms with E-state index in [4.69, 9.17) is 0 Å². The van der Waals surface area contributed by atoms with E-state index in [2.05, 4.69) is 14.7 Å². The standard InChI is InChI=1S/C13H16F3N3O3/c1-7(2)10-17-5-8(11(20)18-10)12(21)19-3-4-22-9(6-19)13(14,15)16/h5,7,9H,3-4,6H2,1-2H3,(H,17,18,20). The monoisotopic (exact) mass is 319 g/mol. The molecule has 0 bridgehead atoms. The Morgan fingerprint density at radius 1 is 1.50 bits per heavy atom. The molecule has 122 valence electrons. The predicted octanol–water partition coefficient (Wildman–Crippen LogP) is 1.30. The van der Waals surface area contributed by atoms with Crippen molar-refractivity contribution in [1.29, 1.82) is 0 Å². The van der Waals surface area contributed by atoms with E-state index < -0.39 is 30.3 Å². The maximum atomic E-state index is 12.7. The third kappa shape index (κ3) is 3.46. The molecule has 2 rings (SSSR count). The molecule has 22 heavy (non-hydrogen) atoms. The van der Waals surface area contributed by atoms with Gasteiger partial charge in [-0.2, -0.15) is 13.2 Å². The van der Waals surface area contributed by atoms with Crippen molar-refractivity contribution in [2.75, 3.05) is 19.7 Å². The van der Waals surface area contributed by atoms with Crippen molar-refractivity contribution in [2.24, 2.45) is 0 Å². The number of alkyl halides is 3. The topological polar surface area (TPSA) is 75.3 Å². The lowest BCUT2D eigenvalue weighted by Gasteiger charge is -2.33. The summed E-state index contributed by atoms with van der Waals surface area (Å²) in [4.78, 5) is 31.5. The Hall–Kier alpha value is -1.90. The number of amides is 1. The molecule has 1 fully saturated rings. The van der Waals surface area contributed by atoms with E-state index in [0.717, 1.165) is 11.1 Å². The number of hydrogen-bond donors (Lipinski definition) is 1.